The molecular formula is C22H28Cl2N2O4S. The van der Waals surface area contributed by atoms with E-state index in [1.165, 1.54) is 18.2 Å². The number of aryl methyl sites for hydroxylation is 1. The summed E-state index contributed by atoms with van der Waals surface area (Å²) >= 11 is 12.0. The smallest absolute Gasteiger partial charge is 0.241 e. The van der Waals surface area contributed by atoms with Gasteiger partial charge in [0, 0.05) is 0 Å². The van der Waals surface area contributed by atoms with E-state index in [9.17, 15) is 13.2 Å². The number of ether oxygens (including phenoxy) is 1. The highest BCUT2D eigenvalue weighted by Crippen LogP contribution is 2.32. The van der Waals surface area contributed by atoms with Crippen LogP contribution in [0.2, 0.25) is 10.0 Å². The molecule has 0 unspecified atom stereocenters. The second kappa shape index (κ2) is 10.1. The Bertz CT molecular complexity index is 1070. The summed E-state index contributed by atoms with van der Waals surface area (Å²) in [6.45, 7) is 7.57. The average molecular weight is 487 g/mol. The molecule has 170 valence electrons. The number of methoxy groups -OCH3 is 1. The fourth-order valence-corrected chi connectivity index (χ4v) is 4.49. The molecule has 1 atom stereocenters. The number of halogens is 2. The van der Waals surface area contributed by atoms with Gasteiger partial charge in [-0.3, -0.25) is 9.10 Å². The summed E-state index contributed by atoms with van der Waals surface area (Å²) in [4.78, 5) is 12.8. The van der Waals surface area contributed by atoms with Gasteiger partial charge >= 0.3 is 0 Å². The molecule has 1 amide bonds. The predicted molar refractivity (Wildman–Crippen MR) is 127 cm³/mol. The first-order valence-corrected chi connectivity index (χ1v) is 12.4. The Labute approximate surface area is 194 Å². The summed E-state index contributed by atoms with van der Waals surface area (Å²) in [5.74, 6) is 0.607. The van der Waals surface area contributed by atoms with Crippen LogP contribution in [0.3, 0.4) is 0 Å². The number of sulfonamides is 1. The Morgan fingerprint density at radius 3 is 2.26 bits per heavy atom. The number of nitrogens with zero attached hydrogens (tertiary/aromatic N) is 1. The van der Waals surface area contributed by atoms with Gasteiger partial charge in [0.2, 0.25) is 15.9 Å². The van der Waals surface area contributed by atoms with Gasteiger partial charge in [0.05, 0.1) is 35.1 Å². The normalized spacial score (nSPS) is 12.5. The summed E-state index contributed by atoms with van der Waals surface area (Å²) in [5, 5.41) is 3.40. The van der Waals surface area contributed by atoms with E-state index in [-0.39, 0.29) is 29.2 Å². The van der Waals surface area contributed by atoms with Crippen LogP contribution in [0, 0.1) is 6.92 Å². The van der Waals surface area contributed by atoms with Crippen molar-refractivity contribution >= 4 is 44.8 Å². The van der Waals surface area contributed by atoms with Crippen molar-refractivity contribution in [3.8, 4) is 5.75 Å². The maximum absolute atomic E-state index is 12.8. The van der Waals surface area contributed by atoms with Crippen LogP contribution in [0.1, 0.15) is 49.4 Å². The molecule has 0 saturated carbocycles. The molecule has 1 N–H and O–H groups in total. The maximum atomic E-state index is 12.8. The highest BCUT2D eigenvalue weighted by atomic mass is 35.5. The molecule has 9 heteroatoms. The van der Waals surface area contributed by atoms with E-state index >= 15 is 0 Å². The fourth-order valence-electron chi connectivity index (χ4n) is 3.35. The monoisotopic (exact) mass is 486 g/mol. The topological polar surface area (TPSA) is 75.7 Å². The molecule has 0 fully saturated rings. The zero-order valence-electron chi connectivity index (χ0n) is 18.5. The van der Waals surface area contributed by atoms with E-state index in [0.29, 0.717) is 5.02 Å². The fraction of sp³-hybridized carbons (Fsp3) is 0.409. The third kappa shape index (κ3) is 6.28. The first-order chi connectivity index (χ1) is 14.3. The van der Waals surface area contributed by atoms with Gasteiger partial charge in [0.1, 0.15) is 12.3 Å². The van der Waals surface area contributed by atoms with E-state index in [4.69, 9.17) is 27.9 Å². The molecule has 0 saturated heterocycles. The summed E-state index contributed by atoms with van der Waals surface area (Å²) < 4.78 is 31.1. The molecule has 0 aromatic heterocycles. The number of benzene rings is 2. The third-order valence-electron chi connectivity index (χ3n) is 4.96. The van der Waals surface area contributed by atoms with Crippen molar-refractivity contribution in [1.29, 1.82) is 0 Å². The van der Waals surface area contributed by atoms with E-state index in [0.717, 1.165) is 33.0 Å². The predicted octanol–water partition coefficient (Wildman–Crippen LogP) is 5.08. The van der Waals surface area contributed by atoms with E-state index in [1.54, 1.807) is 7.11 Å². The lowest BCUT2D eigenvalue weighted by Crippen LogP contribution is -2.41. The molecule has 0 aliphatic heterocycles. The first kappa shape index (κ1) is 25.3. The second-order valence-corrected chi connectivity index (χ2v) is 10.5. The highest BCUT2D eigenvalue weighted by Gasteiger charge is 2.23. The van der Waals surface area contributed by atoms with E-state index < -0.39 is 15.9 Å². The van der Waals surface area contributed by atoms with Gasteiger partial charge < -0.3 is 10.1 Å². The number of anilines is 1. The van der Waals surface area contributed by atoms with Crippen molar-refractivity contribution in [3.05, 3.63) is 57.1 Å². The number of hydrogen-bond acceptors (Lipinski definition) is 4. The zero-order valence-corrected chi connectivity index (χ0v) is 20.8. The molecule has 0 spiro atoms. The Kier molecular flexibility index (Phi) is 8.25. The van der Waals surface area contributed by atoms with Gasteiger partial charge in [-0.15, -0.1) is 0 Å². The standard InChI is InChI=1S/C22H28Cl2N2O4S/c1-13(2)17-11-18(14(3)9-21(17)30-5)15(4)25-22(27)12-26(31(6,28)29)16-7-8-19(23)20(24)10-16/h7-11,13,15H,12H2,1-6H3,(H,25,27)/t15-/m0/s1. The molecular weight excluding hydrogens is 459 g/mol. The molecule has 31 heavy (non-hydrogen) atoms. The van der Waals surface area contributed by atoms with Crippen LogP contribution in [-0.2, 0) is 14.8 Å². The van der Waals surface area contributed by atoms with Gasteiger partial charge in [-0.05, 0) is 66.8 Å². The van der Waals surface area contributed by atoms with Crippen LogP contribution in [-0.4, -0.2) is 34.2 Å². The van der Waals surface area contributed by atoms with Crippen LogP contribution in [0.25, 0.3) is 0 Å². The number of hydrogen-bond donors (Lipinski definition) is 1. The number of nitrogens with one attached hydrogen (secondary N) is 1. The van der Waals surface area contributed by atoms with E-state index in [2.05, 4.69) is 19.2 Å². The van der Waals surface area contributed by atoms with Crippen molar-refractivity contribution in [2.24, 2.45) is 0 Å². The minimum absolute atomic E-state index is 0.205. The zero-order chi connectivity index (χ0) is 23.5. The highest BCUT2D eigenvalue weighted by molar-refractivity contribution is 7.92. The molecule has 2 aromatic rings. The van der Waals surface area contributed by atoms with Crippen molar-refractivity contribution < 1.29 is 17.9 Å². The van der Waals surface area contributed by atoms with Crippen molar-refractivity contribution in [3.63, 3.8) is 0 Å². The Morgan fingerprint density at radius 1 is 1.10 bits per heavy atom. The number of carbonyl (C=O) groups excluding carboxylic acids is 1. The van der Waals surface area contributed by atoms with E-state index in [1.807, 2.05) is 26.0 Å². The van der Waals surface area contributed by atoms with Gasteiger partial charge in [0.15, 0.2) is 0 Å². The first-order valence-electron chi connectivity index (χ1n) is 9.75. The number of carbonyl (C=O) groups is 1. The molecule has 2 aromatic carbocycles. The summed E-state index contributed by atoms with van der Waals surface area (Å²) in [5.41, 5.74) is 3.22. The lowest BCUT2D eigenvalue weighted by atomic mass is 9.93. The molecule has 2 rings (SSSR count). The van der Waals surface area contributed by atoms with Gasteiger partial charge in [-0.1, -0.05) is 37.0 Å². The quantitative estimate of drug-likeness (QED) is 0.564. The molecule has 0 radical (unpaired) electrons. The maximum Gasteiger partial charge on any atom is 0.241 e. The molecule has 0 bridgehead atoms. The largest absolute Gasteiger partial charge is 0.496 e. The van der Waals surface area contributed by atoms with Gasteiger partial charge in [0.25, 0.3) is 0 Å². The molecule has 0 aliphatic rings. The second-order valence-electron chi connectivity index (χ2n) is 7.76. The van der Waals surface area contributed by atoms with Gasteiger partial charge in [-0.25, -0.2) is 8.42 Å². The van der Waals surface area contributed by atoms with Crippen molar-refractivity contribution in [2.45, 2.75) is 39.7 Å². The van der Waals surface area contributed by atoms with Crippen LogP contribution >= 0.6 is 23.2 Å². The summed E-state index contributed by atoms with van der Waals surface area (Å²) in [7, 11) is -2.09. The summed E-state index contributed by atoms with van der Waals surface area (Å²) in [6, 6.07) is 8.07. The molecule has 0 aliphatic carbocycles. The minimum atomic E-state index is -3.72. The van der Waals surface area contributed by atoms with Crippen LogP contribution < -0.4 is 14.4 Å². The number of amides is 1. The lowest BCUT2D eigenvalue weighted by Gasteiger charge is -2.25. The molecule has 6 nitrogen and oxygen atoms in total. The Balaban J connectivity index is 2.27. The SMILES string of the molecule is COc1cc(C)c([C@H](C)NC(=O)CN(c2ccc(Cl)c(Cl)c2)S(C)(=O)=O)cc1C(C)C. The Morgan fingerprint density at radius 2 is 1.74 bits per heavy atom. The number of rotatable bonds is 8. The van der Waals surface area contributed by atoms with Crippen LogP contribution in [0.4, 0.5) is 5.69 Å². The minimum Gasteiger partial charge on any atom is -0.496 e. The van der Waals surface area contributed by atoms with Crippen molar-refractivity contribution in [1.82, 2.24) is 5.32 Å². The molecule has 0 heterocycles. The summed E-state index contributed by atoms with van der Waals surface area (Å²) in [6.07, 6.45) is 1.04. The van der Waals surface area contributed by atoms with Crippen molar-refractivity contribution in [2.75, 3.05) is 24.2 Å². The average Bonchev–Trinajstić information content (AvgIpc) is 2.66. The van der Waals surface area contributed by atoms with Crippen LogP contribution in [0.5, 0.6) is 5.75 Å². The lowest BCUT2D eigenvalue weighted by molar-refractivity contribution is -0.120. The van der Waals surface area contributed by atoms with Crippen LogP contribution in [0.15, 0.2) is 30.3 Å². The third-order valence-corrected chi connectivity index (χ3v) is 6.84. The Hall–Kier alpha value is -1.96. The van der Waals surface area contributed by atoms with Gasteiger partial charge in [-0.2, -0.15) is 0 Å².